The normalized spacial score (nSPS) is 19.2. The van der Waals surface area contributed by atoms with Gasteiger partial charge in [0.2, 0.25) is 5.91 Å². The second-order valence-corrected chi connectivity index (χ2v) is 5.75. The summed E-state index contributed by atoms with van der Waals surface area (Å²) in [6.45, 7) is 3.21. The fraction of sp³-hybridized carbons (Fsp3) is 0.533. The summed E-state index contributed by atoms with van der Waals surface area (Å²) in [6.07, 6.45) is 5.05. The van der Waals surface area contributed by atoms with E-state index in [0.717, 1.165) is 31.6 Å². The summed E-state index contributed by atoms with van der Waals surface area (Å²) >= 11 is 0. The third-order valence-corrected chi connectivity index (χ3v) is 4.26. The molecule has 3 rings (SSSR count). The Morgan fingerprint density at radius 2 is 1.90 bits per heavy atom. The number of nitrogens with zero attached hydrogens (tertiary/aromatic N) is 3. The lowest BCUT2D eigenvalue weighted by molar-refractivity contribution is -0.137. The van der Waals surface area contributed by atoms with Gasteiger partial charge in [0.15, 0.2) is 0 Å². The van der Waals surface area contributed by atoms with E-state index in [0.29, 0.717) is 13.1 Å². The van der Waals surface area contributed by atoms with E-state index in [2.05, 4.69) is 9.88 Å². The lowest BCUT2D eigenvalue weighted by Gasteiger charge is -2.42. The summed E-state index contributed by atoms with van der Waals surface area (Å²) in [5, 5.41) is 0. The number of hydrogen-bond donors (Lipinski definition) is 1. The van der Waals surface area contributed by atoms with Gasteiger partial charge >= 0.3 is 0 Å². The largest absolute Gasteiger partial charge is 0.370 e. The van der Waals surface area contributed by atoms with Gasteiger partial charge in [0.25, 0.3) is 5.91 Å². The SMILES string of the molecule is NC(=O)c1cc(N2CC(C(=O)N3CCCCC3)C2)ccn1. The van der Waals surface area contributed by atoms with Crippen LogP contribution in [0.2, 0.25) is 0 Å². The van der Waals surface area contributed by atoms with Crippen LogP contribution in [-0.4, -0.2) is 47.9 Å². The average molecular weight is 288 g/mol. The smallest absolute Gasteiger partial charge is 0.267 e. The van der Waals surface area contributed by atoms with Crippen molar-refractivity contribution in [1.82, 2.24) is 9.88 Å². The van der Waals surface area contributed by atoms with E-state index in [4.69, 9.17) is 5.73 Å². The average Bonchev–Trinajstić information content (AvgIpc) is 2.47. The maximum absolute atomic E-state index is 12.3. The standard InChI is InChI=1S/C15H20N4O2/c16-14(20)13-8-12(4-5-17-13)19-9-11(10-19)15(21)18-6-2-1-3-7-18/h4-5,8,11H,1-3,6-7,9-10H2,(H2,16,20). The van der Waals surface area contributed by atoms with Crippen molar-refractivity contribution < 1.29 is 9.59 Å². The molecule has 21 heavy (non-hydrogen) atoms. The first-order valence-electron chi connectivity index (χ1n) is 7.45. The van der Waals surface area contributed by atoms with E-state index in [1.165, 1.54) is 6.42 Å². The molecule has 0 bridgehead atoms. The van der Waals surface area contributed by atoms with Gasteiger partial charge in [-0.1, -0.05) is 0 Å². The van der Waals surface area contributed by atoms with Crippen molar-refractivity contribution in [2.24, 2.45) is 11.7 Å². The monoisotopic (exact) mass is 288 g/mol. The molecule has 1 aromatic heterocycles. The first-order chi connectivity index (χ1) is 10.1. The quantitative estimate of drug-likeness (QED) is 0.884. The molecule has 2 saturated heterocycles. The number of carbonyl (C=O) groups is 2. The molecule has 0 atom stereocenters. The van der Waals surface area contributed by atoms with Crippen LogP contribution < -0.4 is 10.6 Å². The number of pyridine rings is 1. The zero-order valence-electron chi connectivity index (χ0n) is 12.0. The van der Waals surface area contributed by atoms with Crippen molar-refractivity contribution in [2.45, 2.75) is 19.3 Å². The maximum Gasteiger partial charge on any atom is 0.267 e. The van der Waals surface area contributed by atoms with Crippen LogP contribution in [0.4, 0.5) is 5.69 Å². The molecule has 2 amide bonds. The van der Waals surface area contributed by atoms with E-state index >= 15 is 0 Å². The number of rotatable bonds is 3. The fourth-order valence-electron chi connectivity index (χ4n) is 2.97. The fourth-order valence-corrected chi connectivity index (χ4v) is 2.97. The van der Waals surface area contributed by atoms with Gasteiger partial charge in [-0.15, -0.1) is 0 Å². The van der Waals surface area contributed by atoms with E-state index in [-0.39, 0.29) is 17.5 Å². The molecule has 0 unspecified atom stereocenters. The third kappa shape index (κ3) is 2.84. The second kappa shape index (κ2) is 5.71. The Bertz CT molecular complexity index is 548. The molecule has 2 aliphatic heterocycles. The Kier molecular flexibility index (Phi) is 3.77. The molecule has 0 radical (unpaired) electrons. The molecule has 2 aliphatic rings. The molecule has 2 N–H and O–H groups in total. The summed E-state index contributed by atoms with van der Waals surface area (Å²) in [6, 6.07) is 3.53. The second-order valence-electron chi connectivity index (χ2n) is 5.75. The first kappa shape index (κ1) is 13.9. The van der Waals surface area contributed by atoms with Crippen LogP contribution >= 0.6 is 0 Å². The van der Waals surface area contributed by atoms with E-state index < -0.39 is 5.91 Å². The Morgan fingerprint density at radius 3 is 2.57 bits per heavy atom. The molecule has 6 nitrogen and oxygen atoms in total. The Hall–Kier alpha value is -2.11. The number of anilines is 1. The first-order valence-corrected chi connectivity index (χ1v) is 7.45. The molecule has 3 heterocycles. The van der Waals surface area contributed by atoms with Gasteiger partial charge in [0, 0.05) is 38.1 Å². The van der Waals surface area contributed by atoms with E-state index in [9.17, 15) is 9.59 Å². The topological polar surface area (TPSA) is 79.5 Å². The number of carbonyl (C=O) groups excluding carboxylic acids is 2. The summed E-state index contributed by atoms with van der Waals surface area (Å²) in [5.41, 5.74) is 6.40. The Balaban J connectivity index is 1.59. The van der Waals surface area contributed by atoms with Crippen molar-refractivity contribution in [3.8, 4) is 0 Å². The molecule has 6 heteroatoms. The van der Waals surface area contributed by atoms with E-state index in [1.54, 1.807) is 12.3 Å². The molecular weight excluding hydrogens is 268 g/mol. The minimum atomic E-state index is -0.529. The Labute approximate surface area is 123 Å². The highest BCUT2D eigenvalue weighted by atomic mass is 16.2. The number of amides is 2. The molecule has 2 fully saturated rings. The van der Waals surface area contributed by atoms with Crippen LogP contribution in [-0.2, 0) is 4.79 Å². The number of piperidine rings is 1. The van der Waals surface area contributed by atoms with Gasteiger partial charge in [-0.3, -0.25) is 14.6 Å². The minimum Gasteiger partial charge on any atom is -0.370 e. The summed E-state index contributed by atoms with van der Waals surface area (Å²) in [5.74, 6) is -0.179. The summed E-state index contributed by atoms with van der Waals surface area (Å²) in [4.78, 5) is 31.5. The predicted molar refractivity (Wildman–Crippen MR) is 78.9 cm³/mol. The minimum absolute atomic E-state index is 0.0771. The highest BCUT2D eigenvalue weighted by Gasteiger charge is 2.35. The number of aromatic nitrogens is 1. The van der Waals surface area contributed by atoms with Crippen LogP contribution in [0.3, 0.4) is 0 Å². The number of likely N-dealkylation sites (tertiary alicyclic amines) is 1. The predicted octanol–water partition coefficient (Wildman–Crippen LogP) is 0.629. The number of primary amides is 1. The van der Waals surface area contributed by atoms with Crippen LogP contribution in [0.25, 0.3) is 0 Å². The molecule has 0 spiro atoms. The number of hydrogen-bond acceptors (Lipinski definition) is 4. The van der Waals surface area contributed by atoms with E-state index in [1.807, 2.05) is 11.0 Å². The van der Waals surface area contributed by atoms with Crippen molar-refractivity contribution in [3.05, 3.63) is 24.0 Å². The van der Waals surface area contributed by atoms with Crippen molar-refractivity contribution in [2.75, 3.05) is 31.1 Å². The van der Waals surface area contributed by atoms with Crippen LogP contribution in [0, 0.1) is 5.92 Å². The molecule has 112 valence electrons. The van der Waals surface area contributed by atoms with Gasteiger partial charge in [-0.2, -0.15) is 0 Å². The maximum atomic E-state index is 12.3. The van der Waals surface area contributed by atoms with Gasteiger partial charge in [-0.25, -0.2) is 0 Å². The molecular formula is C15H20N4O2. The molecule has 0 saturated carbocycles. The lowest BCUT2D eigenvalue weighted by Crippen LogP contribution is -2.55. The van der Waals surface area contributed by atoms with Gasteiger partial charge in [0.1, 0.15) is 5.69 Å². The van der Waals surface area contributed by atoms with Gasteiger partial charge in [0.05, 0.1) is 5.92 Å². The van der Waals surface area contributed by atoms with Crippen LogP contribution in [0.15, 0.2) is 18.3 Å². The highest BCUT2D eigenvalue weighted by molar-refractivity contribution is 5.91. The highest BCUT2D eigenvalue weighted by Crippen LogP contribution is 2.26. The molecule has 0 aromatic carbocycles. The van der Waals surface area contributed by atoms with Crippen molar-refractivity contribution in [1.29, 1.82) is 0 Å². The summed E-state index contributed by atoms with van der Waals surface area (Å²) in [7, 11) is 0. The zero-order chi connectivity index (χ0) is 14.8. The van der Waals surface area contributed by atoms with Gasteiger partial charge in [-0.05, 0) is 31.4 Å². The lowest BCUT2D eigenvalue weighted by atomic mass is 9.96. The van der Waals surface area contributed by atoms with Crippen molar-refractivity contribution in [3.63, 3.8) is 0 Å². The third-order valence-electron chi connectivity index (χ3n) is 4.26. The van der Waals surface area contributed by atoms with Crippen LogP contribution in [0.5, 0.6) is 0 Å². The van der Waals surface area contributed by atoms with Crippen molar-refractivity contribution >= 4 is 17.5 Å². The number of nitrogens with two attached hydrogens (primary N) is 1. The van der Waals surface area contributed by atoms with Crippen LogP contribution in [0.1, 0.15) is 29.8 Å². The summed E-state index contributed by atoms with van der Waals surface area (Å²) < 4.78 is 0. The molecule has 0 aliphatic carbocycles. The van der Waals surface area contributed by atoms with Gasteiger partial charge < -0.3 is 15.5 Å². The molecule has 1 aromatic rings. The Morgan fingerprint density at radius 1 is 1.19 bits per heavy atom. The zero-order valence-corrected chi connectivity index (χ0v) is 12.0.